The van der Waals surface area contributed by atoms with Crippen LogP contribution >= 0.6 is 0 Å². The highest BCUT2D eigenvalue weighted by molar-refractivity contribution is 5.75. The molecule has 1 amide bonds. The Balaban J connectivity index is 1.51. The average molecular weight is 283 g/mol. The Morgan fingerprint density at radius 3 is 2.75 bits per heavy atom. The van der Waals surface area contributed by atoms with Crippen LogP contribution in [0.4, 0.5) is 0 Å². The summed E-state index contributed by atoms with van der Waals surface area (Å²) in [5.41, 5.74) is 0. The fourth-order valence-electron chi connectivity index (χ4n) is 2.94. The fraction of sp³-hybridized carbons (Fsp3) is 0.933. The van der Waals surface area contributed by atoms with E-state index in [1.54, 1.807) is 0 Å². The summed E-state index contributed by atoms with van der Waals surface area (Å²) in [6.45, 7) is 7.91. The molecular formula is C15H29N3O2. The number of ether oxygens (including phenoxy) is 1. The second kappa shape index (κ2) is 8.60. The Morgan fingerprint density at radius 2 is 2.05 bits per heavy atom. The molecule has 2 fully saturated rings. The predicted octanol–water partition coefficient (Wildman–Crippen LogP) is 0.746. The van der Waals surface area contributed by atoms with Crippen molar-refractivity contribution >= 4 is 5.91 Å². The number of nitrogens with zero attached hydrogens (tertiary/aromatic N) is 1. The monoisotopic (exact) mass is 283 g/mol. The summed E-state index contributed by atoms with van der Waals surface area (Å²) >= 11 is 0. The molecule has 0 spiro atoms. The molecule has 2 heterocycles. The SMILES string of the molecule is CC(CNC(=O)CCOC1CCNCC1)N1CCCC1. The van der Waals surface area contributed by atoms with Gasteiger partial charge in [0, 0.05) is 19.0 Å². The maximum absolute atomic E-state index is 11.8. The van der Waals surface area contributed by atoms with Crippen LogP contribution in [0.25, 0.3) is 0 Å². The zero-order chi connectivity index (χ0) is 14.2. The van der Waals surface area contributed by atoms with Gasteiger partial charge >= 0.3 is 0 Å². The molecule has 1 unspecified atom stereocenters. The molecule has 1 atom stereocenters. The highest BCUT2D eigenvalue weighted by Gasteiger charge is 2.18. The molecule has 2 rings (SSSR count). The number of carbonyl (C=O) groups excluding carboxylic acids is 1. The van der Waals surface area contributed by atoms with Gasteiger partial charge in [0.2, 0.25) is 5.91 Å². The van der Waals surface area contributed by atoms with Crippen LogP contribution < -0.4 is 10.6 Å². The number of carbonyl (C=O) groups is 1. The van der Waals surface area contributed by atoms with Gasteiger partial charge in [-0.15, -0.1) is 0 Å². The molecule has 20 heavy (non-hydrogen) atoms. The zero-order valence-electron chi connectivity index (χ0n) is 12.7. The van der Waals surface area contributed by atoms with E-state index in [0.717, 1.165) is 32.5 Å². The predicted molar refractivity (Wildman–Crippen MR) is 79.7 cm³/mol. The third-order valence-electron chi connectivity index (χ3n) is 4.33. The summed E-state index contributed by atoms with van der Waals surface area (Å²) in [5.74, 6) is 0.116. The van der Waals surface area contributed by atoms with Crippen molar-refractivity contribution in [2.75, 3.05) is 39.3 Å². The van der Waals surface area contributed by atoms with Crippen molar-refractivity contribution < 1.29 is 9.53 Å². The van der Waals surface area contributed by atoms with Gasteiger partial charge in [-0.2, -0.15) is 0 Å². The fourth-order valence-corrected chi connectivity index (χ4v) is 2.94. The van der Waals surface area contributed by atoms with Crippen molar-refractivity contribution in [1.29, 1.82) is 0 Å². The van der Waals surface area contributed by atoms with E-state index in [9.17, 15) is 4.79 Å². The maximum Gasteiger partial charge on any atom is 0.222 e. The first kappa shape index (κ1) is 15.7. The van der Waals surface area contributed by atoms with E-state index in [1.807, 2.05) is 0 Å². The highest BCUT2D eigenvalue weighted by Crippen LogP contribution is 2.11. The van der Waals surface area contributed by atoms with Crippen LogP contribution in [0.3, 0.4) is 0 Å². The second-order valence-corrected chi connectivity index (χ2v) is 5.97. The Bertz CT molecular complexity index is 287. The van der Waals surface area contributed by atoms with Gasteiger partial charge in [-0.05, 0) is 58.8 Å². The van der Waals surface area contributed by atoms with Crippen LogP contribution in [-0.2, 0) is 9.53 Å². The number of nitrogens with one attached hydrogen (secondary N) is 2. The van der Waals surface area contributed by atoms with Gasteiger partial charge in [0.05, 0.1) is 12.7 Å². The van der Waals surface area contributed by atoms with Crippen molar-refractivity contribution in [2.45, 2.75) is 51.2 Å². The molecule has 2 aliphatic heterocycles. The Hall–Kier alpha value is -0.650. The molecule has 2 saturated heterocycles. The summed E-state index contributed by atoms with van der Waals surface area (Å²) in [5, 5.41) is 6.33. The molecule has 5 nitrogen and oxygen atoms in total. The van der Waals surface area contributed by atoms with E-state index in [-0.39, 0.29) is 5.91 Å². The van der Waals surface area contributed by atoms with Crippen molar-refractivity contribution in [3.63, 3.8) is 0 Å². The van der Waals surface area contributed by atoms with E-state index in [0.29, 0.717) is 25.2 Å². The summed E-state index contributed by atoms with van der Waals surface area (Å²) in [7, 11) is 0. The van der Waals surface area contributed by atoms with Crippen LogP contribution in [0.1, 0.15) is 39.0 Å². The van der Waals surface area contributed by atoms with E-state index in [1.165, 1.54) is 25.9 Å². The first-order valence-electron chi connectivity index (χ1n) is 8.09. The van der Waals surface area contributed by atoms with Gasteiger partial charge in [-0.25, -0.2) is 0 Å². The minimum atomic E-state index is 0.116. The van der Waals surface area contributed by atoms with Crippen LogP contribution in [-0.4, -0.2) is 62.3 Å². The molecule has 0 aliphatic carbocycles. The largest absolute Gasteiger partial charge is 0.378 e. The van der Waals surface area contributed by atoms with Crippen LogP contribution in [0.5, 0.6) is 0 Å². The van der Waals surface area contributed by atoms with Crippen molar-refractivity contribution in [2.24, 2.45) is 0 Å². The molecule has 116 valence electrons. The minimum Gasteiger partial charge on any atom is -0.378 e. The summed E-state index contributed by atoms with van der Waals surface area (Å²) < 4.78 is 5.75. The normalized spacial score (nSPS) is 22.9. The maximum atomic E-state index is 11.8. The van der Waals surface area contributed by atoms with E-state index < -0.39 is 0 Å². The molecule has 5 heteroatoms. The third kappa shape index (κ3) is 5.38. The molecule has 2 N–H and O–H groups in total. The number of amides is 1. The highest BCUT2D eigenvalue weighted by atomic mass is 16.5. The Morgan fingerprint density at radius 1 is 1.35 bits per heavy atom. The van der Waals surface area contributed by atoms with Gasteiger partial charge in [-0.3, -0.25) is 9.69 Å². The number of hydrogen-bond acceptors (Lipinski definition) is 4. The lowest BCUT2D eigenvalue weighted by molar-refractivity contribution is -0.123. The molecule has 0 aromatic heterocycles. The molecule has 0 aromatic rings. The first-order chi connectivity index (χ1) is 9.75. The number of rotatable bonds is 7. The van der Waals surface area contributed by atoms with Gasteiger partial charge in [0.15, 0.2) is 0 Å². The van der Waals surface area contributed by atoms with Gasteiger partial charge in [0.1, 0.15) is 0 Å². The summed E-state index contributed by atoms with van der Waals surface area (Å²) in [6.07, 6.45) is 5.54. The van der Waals surface area contributed by atoms with Crippen molar-refractivity contribution in [3.8, 4) is 0 Å². The minimum absolute atomic E-state index is 0.116. The van der Waals surface area contributed by atoms with E-state index in [4.69, 9.17) is 4.74 Å². The zero-order valence-corrected chi connectivity index (χ0v) is 12.7. The van der Waals surface area contributed by atoms with Crippen molar-refractivity contribution in [3.05, 3.63) is 0 Å². The van der Waals surface area contributed by atoms with Gasteiger partial charge in [-0.1, -0.05) is 0 Å². The van der Waals surface area contributed by atoms with E-state index in [2.05, 4.69) is 22.5 Å². The van der Waals surface area contributed by atoms with E-state index >= 15 is 0 Å². The average Bonchev–Trinajstić information content (AvgIpc) is 3.00. The smallest absolute Gasteiger partial charge is 0.222 e. The first-order valence-corrected chi connectivity index (χ1v) is 8.09. The van der Waals surface area contributed by atoms with Crippen LogP contribution in [0.15, 0.2) is 0 Å². The second-order valence-electron chi connectivity index (χ2n) is 5.97. The molecule has 0 saturated carbocycles. The lowest BCUT2D eigenvalue weighted by Crippen LogP contribution is -2.41. The molecule has 0 radical (unpaired) electrons. The molecule has 2 aliphatic rings. The van der Waals surface area contributed by atoms with Crippen LogP contribution in [0.2, 0.25) is 0 Å². The van der Waals surface area contributed by atoms with Gasteiger partial charge < -0.3 is 15.4 Å². The quantitative estimate of drug-likeness (QED) is 0.724. The number of hydrogen-bond donors (Lipinski definition) is 2. The Kier molecular flexibility index (Phi) is 6.76. The lowest BCUT2D eigenvalue weighted by atomic mass is 10.1. The van der Waals surface area contributed by atoms with Crippen LogP contribution in [0, 0.1) is 0 Å². The number of likely N-dealkylation sites (tertiary alicyclic amines) is 1. The standard InChI is InChI=1S/C15H29N3O2/c1-13(18-9-2-3-10-18)12-17-15(19)6-11-20-14-4-7-16-8-5-14/h13-14,16H,2-12H2,1H3,(H,17,19). The van der Waals surface area contributed by atoms with Gasteiger partial charge in [0.25, 0.3) is 0 Å². The summed E-state index contributed by atoms with van der Waals surface area (Å²) in [6, 6.07) is 0.451. The molecule has 0 bridgehead atoms. The third-order valence-corrected chi connectivity index (χ3v) is 4.33. The molecule has 0 aromatic carbocycles. The summed E-state index contributed by atoms with van der Waals surface area (Å²) in [4.78, 5) is 14.2. The topological polar surface area (TPSA) is 53.6 Å². The lowest BCUT2D eigenvalue weighted by Gasteiger charge is -2.24. The van der Waals surface area contributed by atoms with Crippen molar-refractivity contribution in [1.82, 2.24) is 15.5 Å². The Labute approximate surface area is 122 Å². The molecular weight excluding hydrogens is 254 g/mol. The number of piperidine rings is 1.